The van der Waals surface area contributed by atoms with E-state index in [1.807, 2.05) is 13.2 Å². The van der Waals surface area contributed by atoms with Gasteiger partial charge in [0, 0.05) is 12.1 Å². The van der Waals surface area contributed by atoms with Gasteiger partial charge >= 0.3 is 0 Å². The standard InChI is InChI=1S/C15H16FN3OS/c1-3-8-17-14-11(9-20)13(18-15(19-14)21-2)10-6-4-5-7-12(10)16/h4-7,9H,3,8H2,1-2H3,(H,17,18,19). The van der Waals surface area contributed by atoms with Crippen LogP contribution in [-0.4, -0.2) is 29.1 Å². The Morgan fingerprint density at radius 3 is 2.71 bits per heavy atom. The molecule has 0 aliphatic carbocycles. The number of benzene rings is 1. The molecular weight excluding hydrogens is 289 g/mol. The first-order chi connectivity index (χ1) is 10.2. The second-order valence-corrected chi connectivity index (χ2v) is 5.12. The van der Waals surface area contributed by atoms with Crippen LogP contribution in [0.5, 0.6) is 0 Å². The van der Waals surface area contributed by atoms with Gasteiger partial charge in [-0.1, -0.05) is 30.8 Å². The highest BCUT2D eigenvalue weighted by atomic mass is 32.2. The summed E-state index contributed by atoms with van der Waals surface area (Å²) in [4.78, 5) is 20.1. The zero-order valence-electron chi connectivity index (χ0n) is 11.9. The average Bonchev–Trinajstić information content (AvgIpc) is 2.52. The van der Waals surface area contributed by atoms with Crippen molar-refractivity contribution in [2.24, 2.45) is 0 Å². The molecule has 1 aromatic carbocycles. The van der Waals surface area contributed by atoms with Crippen LogP contribution in [0.2, 0.25) is 0 Å². The quantitative estimate of drug-likeness (QED) is 0.501. The molecule has 0 amide bonds. The molecule has 0 aliphatic heterocycles. The number of carbonyl (C=O) groups excluding carboxylic acids is 1. The van der Waals surface area contributed by atoms with Crippen molar-refractivity contribution < 1.29 is 9.18 Å². The molecular formula is C15H16FN3OS. The normalized spacial score (nSPS) is 10.4. The summed E-state index contributed by atoms with van der Waals surface area (Å²) in [7, 11) is 0. The van der Waals surface area contributed by atoms with E-state index < -0.39 is 5.82 Å². The fraction of sp³-hybridized carbons (Fsp3) is 0.267. The van der Waals surface area contributed by atoms with E-state index in [0.29, 0.717) is 35.1 Å². The van der Waals surface area contributed by atoms with Gasteiger partial charge in [0.05, 0.1) is 11.3 Å². The van der Waals surface area contributed by atoms with Crippen LogP contribution in [0, 0.1) is 5.82 Å². The number of nitrogens with zero attached hydrogens (tertiary/aromatic N) is 2. The fourth-order valence-electron chi connectivity index (χ4n) is 1.89. The molecule has 1 aromatic heterocycles. The van der Waals surface area contributed by atoms with Crippen LogP contribution in [0.1, 0.15) is 23.7 Å². The topological polar surface area (TPSA) is 54.9 Å². The third-order valence-electron chi connectivity index (χ3n) is 2.90. The average molecular weight is 305 g/mol. The highest BCUT2D eigenvalue weighted by Crippen LogP contribution is 2.29. The molecule has 4 nitrogen and oxygen atoms in total. The first-order valence-corrected chi connectivity index (χ1v) is 7.83. The lowest BCUT2D eigenvalue weighted by Crippen LogP contribution is -2.09. The highest BCUT2D eigenvalue weighted by molar-refractivity contribution is 7.98. The summed E-state index contributed by atoms with van der Waals surface area (Å²) in [6.07, 6.45) is 3.40. The fourth-order valence-corrected chi connectivity index (χ4v) is 2.25. The van der Waals surface area contributed by atoms with Crippen LogP contribution >= 0.6 is 11.8 Å². The van der Waals surface area contributed by atoms with E-state index in [-0.39, 0.29) is 5.56 Å². The molecule has 0 saturated carbocycles. The molecule has 0 bridgehead atoms. The second kappa shape index (κ2) is 7.17. The van der Waals surface area contributed by atoms with Crippen molar-refractivity contribution >= 4 is 23.9 Å². The molecule has 21 heavy (non-hydrogen) atoms. The number of aldehydes is 1. The Hall–Kier alpha value is -1.95. The third-order valence-corrected chi connectivity index (χ3v) is 3.44. The number of hydrogen-bond acceptors (Lipinski definition) is 5. The molecule has 0 aliphatic rings. The van der Waals surface area contributed by atoms with Gasteiger partial charge in [-0.25, -0.2) is 14.4 Å². The zero-order valence-corrected chi connectivity index (χ0v) is 12.7. The summed E-state index contributed by atoms with van der Waals surface area (Å²) < 4.78 is 14.0. The molecule has 2 aromatic rings. The lowest BCUT2D eigenvalue weighted by atomic mass is 10.1. The van der Waals surface area contributed by atoms with Gasteiger partial charge in [0.1, 0.15) is 11.6 Å². The number of halogens is 1. The molecule has 0 fully saturated rings. The molecule has 1 N–H and O–H groups in total. The minimum Gasteiger partial charge on any atom is -0.369 e. The smallest absolute Gasteiger partial charge is 0.189 e. The third kappa shape index (κ3) is 3.39. The molecule has 6 heteroatoms. The SMILES string of the molecule is CCCNc1nc(SC)nc(-c2ccccc2F)c1C=O. The van der Waals surface area contributed by atoms with Crippen LogP contribution in [0.15, 0.2) is 29.4 Å². The first kappa shape index (κ1) is 15.4. The molecule has 1 heterocycles. The minimum absolute atomic E-state index is 0.284. The van der Waals surface area contributed by atoms with Gasteiger partial charge < -0.3 is 5.32 Å². The lowest BCUT2D eigenvalue weighted by Gasteiger charge is -2.12. The Balaban J connectivity index is 2.63. The number of hydrogen-bond donors (Lipinski definition) is 1. The molecule has 0 radical (unpaired) electrons. The summed E-state index contributed by atoms with van der Waals surface area (Å²) in [6.45, 7) is 2.70. The maximum absolute atomic E-state index is 14.0. The zero-order chi connectivity index (χ0) is 15.2. The minimum atomic E-state index is -0.409. The summed E-state index contributed by atoms with van der Waals surface area (Å²) in [5, 5.41) is 3.60. The molecule has 110 valence electrons. The van der Waals surface area contributed by atoms with E-state index in [2.05, 4.69) is 15.3 Å². The largest absolute Gasteiger partial charge is 0.369 e. The van der Waals surface area contributed by atoms with Crippen molar-refractivity contribution in [1.82, 2.24) is 9.97 Å². The first-order valence-electron chi connectivity index (χ1n) is 6.61. The van der Waals surface area contributed by atoms with E-state index in [1.165, 1.54) is 17.8 Å². The number of nitrogens with one attached hydrogen (secondary N) is 1. The lowest BCUT2D eigenvalue weighted by molar-refractivity contribution is 0.112. The van der Waals surface area contributed by atoms with Crippen LogP contribution in [0.4, 0.5) is 10.2 Å². The second-order valence-electron chi connectivity index (χ2n) is 4.35. The Kier molecular flexibility index (Phi) is 5.27. The van der Waals surface area contributed by atoms with Gasteiger partial charge in [-0.05, 0) is 24.8 Å². The van der Waals surface area contributed by atoms with E-state index >= 15 is 0 Å². The number of carbonyl (C=O) groups is 1. The van der Waals surface area contributed by atoms with Crippen LogP contribution < -0.4 is 5.32 Å². The van der Waals surface area contributed by atoms with Crippen molar-refractivity contribution in [2.75, 3.05) is 18.1 Å². The Morgan fingerprint density at radius 1 is 1.33 bits per heavy atom. The maximum atomic E-state index is 14.0. The van der Waals surface area contributed by atoms with Gasteiger partial charge in [0.15, 0.2) is 11.4 Å². The summed E-state index contributed by atoms with van der Waals surface area (Å²) >= 11 is 1.35. The predicted molar refractivity (Wildman–Crippen MR) is 83.4 cm³/mol. The number of aromatic nitrogens is 2. The molecule has 0 spiro atoms. The van der Waals surface area contributed by atoms with Gasteiger partial charge in [-0.2, -0.15) is 0 Å². The Bertz CT molecular complexity index is 649. The molecule has 2 rings (SSSR count). The predicted octanol–water partition coefficient (Wildman–Crippen LogP) is 3.64. The molecule has 0 atom stereocenters. The van der Waals surface area contributed by atoms with Crippen molar-refractivity contribution in [3.8, 4) is 11.3 Å². The van der Waals surface area contributed by atoms with Crippen LogP contribution in [0.25, 0.3) is 11.3 Å². The van der Waals surface area contributed by atoms with E-state index in [1.54, 1.807) is 18.2 Å². The van der Waals surface area contributed by atoms with Crippen LogP contribution in [0.3, 0.4) is 0 Å². The van der Waals surface area contributed by atoms with Gasteiger partial charge in [-0.3, -0.25) is 4.79 Å². The van der Waals surface area contributed by atoms with Crippen molar-refractivity contribution in [1.29, 1.82) is 0 Å². The van der Waals surface area contributed by atoms with Crippen LogP contribution in [-0.2, 0) is 0 Å². The monoisotopic (exact) mass is 305 g/mol. The van der Waals surface area contributed by atoms with Crippen molar-refractivity contribution in [2.45, 2.75) is 18.5 Å². The summed E-state index contributed by atoms with van der Waals surface area (Å²) in [6, 6.07) is 6.28. The van der Waals surface area contributed by atoms with Gasteiger partial charge in [-0.15, -0.1) is 0 Å². The number of thioether (sulfide) groups is 1. The summed E-state index contributed by atoms with van der Waals surface area (Å²) in [5.41, 5.74) is 0.907. The van der Waals surface area contributed by atoms with E-state index in [0.717, 1.165) is 6.42 Å². The Labute approximate surface area is 127 Å². The van der Waals surface area contributed by atoms with Gasteiger partial charge in [0.25, 0.3) is 0 Å². The van der Waals surface area contributed by atoms with Crippen molar-refractivity contribution in [3.05, 3.63) is 35.6 Å². The molecule has 0 unspecified atom stereocenters. The molecule has 0 saturated heterocycles. The van der Waals surface area contributed by atoms with Crippen molar-refractivity contribution in [3.63, 3.8) is 0 Å². The van der Waals surface area contributed by atoms with Gasteiger partial charge in [0.2, 0.25) is 0 Å². The summed E-state index contributed by atoms with van der Waals surface area (Å²) in [5.74, 6) is 0.0391. The number of rotatable bonds is 6. The Morgan fingerprint density at radius 2 is 2.10 bits per heavy atom. The van der Waals surface area contributed by atoms with E-state index in [4.69, 9.17) is 0 Å². The van der Waals surface area contributed by atoms with E-state index in [9.17, 15) is 9.18 Å². The maximum Gasteiger partial charge on any atom is 0.189 e. The number of anilines is 1. The highest BCUT2D eigenvalue weighted by Gasteiger charge is 2.17.